The maximum atomic E-state index is 12.7. The van der Waals surface area contributed by atoms with Gasteiger partial charge in [0.25, 0.3) is 5.91 Å². The third-order valence-electron chi connectivity index (χ3n) is 4.73. The van der Waals surface area contributed by atoms with Crippen molar-refractivity contribution in [3.8, 4) is 0 Å². The monoisotopic (exact) mass is 440 g/mol. The Morgan fingerprint density at radius 2 is 1.84 bits per heavy atom. The van der Waals surface area contributed by atoms with Crippen molar-refractivity contribution in [3.63, 3.8) is 0 Å². The van der Waals surface area contributed by atoms with E-state index in [4.69, 9.17) is 0 Å². The number of fused-ring (bicyclic) bond motifs is 1. The number of aromatic nitrogens is 1. The van der Waals surface area contributed by atoms with E-state index in [1.54, 1.807) is 18.2 Å². The van der Waals surface area contributed by atoms with Crippen LogP contribution in [0.5, 0.6) is 0 Å². The number of rotatable bonds is 9. The average molecular weight is 441 g/mol. The molecule has 0 spiro atoms. The van der Waals surface area contributed by atoms with Crippen LogP contribution < -0.4 is 10.6 Å². The summed E-state index contributed by atoms with van der Waals surface area (Å²) in [7, 11) is -2.20. The molecule has 0 saturated heterocycles. The molecule has 0 aliphatic carbocycles. The van der Waals surface area contributed by atoms with E-state index in [9.17, 15) is 18.0 Å². The smallest absolute Gasteiger partial charge is 0.272 e. The Kier molecular flexibility index (Phi) is 6.88. The van der Waals surface area contributed by atoms with Gasteiger partial charge in [-0.1, -0.05) is 24.8 Å². The predicted molar refractivity (Wildman–Crippen MR) is 120 cm³/mol. The summed E-state index contributed by atoms with van der Waals surface area (Å²) in [5.74, 6) is -0.610. The molecule has 1 aromatic heterocycles. The molecule has 0 fully saturated rings. The van der Waals surface area contributed by atoms with Crippen molar-refractivity contribution in [3.05, 3.63) is 72.9 Å². The Balaban J connectivity index is 1.61. The van der Waals surface area contributed by atoms with Crippen LogP contribution in [-0.2, 0) is 14.8 Å². The third-order valence-corrected chi connectivity index (χ3v) is 6.60. The van der Waals surface area contributed by atoms with E-state index in [1.807, 2.05) is 24.3 Å². The van der Waals surface area contributed by atoms with Gasteiger partial charge in [-0.2, -0.15) is 0 Å². The van der Waals surface area contributed by atoms with Crippen molar-refractivity contribution >= 4 is 38.4 Å². The lowest BCUT2D eigenvalue weighted by atomic mass is 10.2. The number of carbonyl (C=O) groups excluding carboxylic acids is 2. The second-order valence-corrected chi connectivity index (χ2v) is 8.97. The number of amides is 2. The number of hydrogen-bond donors (Lipinski definition) is 3. The summed E-state index contributed by atoms with van der Waals surface area (Å²) in [4.78, 5) is 26.8. The molecule has 3 aromatic rings. The molecule has 0 aliphatic heterocycles. The molecule has 9 heteroatoms. The molecule has 162 valence electrons. The molecule has 1 heterocycles. The van der Waals surface area contributed by atoms with E-state index in [-0.39, 0.29) is 23.3 Å². The van der Waals surface area contributed by atoms with Gasteiger partial charge < -0.3 is 15.6 Å². The van der Waals surface area contributed by atoms with Crippen molar-refractivity contribution in [2.45, 2.75) is 11.3 Å². The molecule has 8 nitrogen and oxygen atoms in total. The highest BCUT2D eigenvalue weighted by atomic mass is 32.2. The number of hydrogen-bond acceptors (Lipinski definition) is 4. The van der Waals surface area contributed by atoms with Gasteiger partial charge in [0, 0.05) is 36.7 Å². The molecule has 0 aliphatic rings. The zero-order chi connectivity index (χ0) is 22.4. The molecule has 0 atom stereocenters. The lowest BCUT2D eigenvalue weighted by molar-refractivity contribution is -0.116. The quantitative estimate of drug-likeness (QED) is 0.351. The van der Waals surface area contributed by atoms with Gasteiger partial charge in [-0.25, -0.2) is 12.7 Å². The summed E-state index contributed by atoms with van der Waals surface area (Å²) in [6, 6.07) is 15.3. The lowest BCUT2D eigenvalue weighted by Crippen LogP contribution is -2.31. The first kappa shape index (κ1) is 22.3. The Bertz CT molecular complexity index is 1170. The largest absolute Gasteiger partial charge is 0.353 e. The summed E-state index contributed by atoms with van der Waals surface area (Å²) in [5, 5.41) is 6.29. The molecule has 0 radical (unpaired) electrons. The minimum Gasteiger partial charge on any atom is -0.353 e. The number of sulfonamides is 1. The van der Waals surface area contributed by atoms with Crippen molar-refractivity contribution in [2.75, 3.05) is 25.5 Å². The highest BCUT2D eigenvalue weighted by Gasteiger charge is 2.20. The summed E-state index contributed by atoms with van der Waals surface area (Å²) >= 11 is 0. The Morgan fingerprint density at radius 3 is 2.52 bits per heavy atom. The molecule has 2 aromatic carbocycles. The van der Waals surface area contributed by atoms with Gasteiger partial charge in [-0.3, -0.25) is 9.59 Å². The first-order valence-electron chi connectivity index (χ1n) is 9.67. The SMILES string of the molecule is C=CC(=O)NCCCN(C)S(=O)(=O)c1ccc(NC(=O)c2cc3ccccc3[nH]2)cc1. The van der Waals surface area contributed by atoms with Crippen LogP contribution in [0.15, 0.2) is 72.1 Å². The number of para-hydroxylation sites is 1. The van der Waals surface area contributed by atoms with E-state index in [1.165, 1.54) is 29.6 Å². The number of nitrogens with one attached hydrogen (secondary N) is 3. The molecular weight excluding hydrogens is 416 g/mol. The zero-order valence-corrected chi connectivity index (χ0v) is 17.9. The topological polar surface area (TPSA) is 111 Å². The highest BCUT2D eigenvalue weighted by molar-refractivity contribution is 7.89. The van der Waals surface area contributed by atoms with Crippen LogP contribution in [0, 0.1) is 0 Å². The summed E-state index contributed by atoms with van der Waals surface area (Å²) < 4.78 is 26.6. The Labute approximate surface area is 181 Å². The number of H-pyrrole nitrogens is 1. The molecular formula is C22H24N4O4S. The minimum absolute atomic E-state index is 0.119. The van der Waals surface area contributed by atoms with Crippen LogP contribution in [0.25, 0.3) is 10.9 Å². The maximum Gasteiger partial charge on any atom is 0.272 e. The number of benzene rings is 2. The Hall–Kier alpha value is -3.43. The number of aromatic amines is 1. The molecule has 31 heavy (non-hydrogen) atoms. The second-order valence-electron chi connectivity index (χ2n) is 6.92. The molecule has 3 rings (SSSR count). The van der Waals surface area contributed by atoms with Crippen LogP contribution in [0.4, 0.5) is 5.69 Å². The minimum atomic E-state index is -3.68. The lowest BCUT2D eigenvalue weighted by Gasteiger charge is -2.17. The first-order chi connectivity index (χ1) is 14.8. The van der Waals surface area contributed by atoms with Gasteiger partial charge in [0.15, 0.2) is 0 Å². The van der Waals surface area contributed by atoms with Crippen LogP contribution in [-0.4, -0.2) is 49.7 Å². The summed E-state index contributed by atoms with van der Waals surface area (Å²) in [6.45, 7) is 3.96. The van der Waals surface area contributed by atoms with Gasteiger partial charge in [-0.05, 0) is 48.9 Å². The van der Waals surface area contributed by atoms with Crippen molar-refractivity contribution < 1.29 is 18.0 Å². The fourth-order valence-electron chi connectivity index (χ4n) is 2.99. The summed E-state index contributed by atoms with van der Waals surface area (Å²) in [6.07, 6.45) is 1.63. The molecule has 0 unspecified atom stereocenters. The second kappa shape index (κ2) is 9.59. The normalized spacial score (nSPS) is 11.4. The molecule has 2 amide bonds. The highest BCUT2D eigenvalue weighted by Crippen LogP contribution is 2.19. The fourth-order valence-corrected chi connectivity index (χ4v) is 4.20. The standard InChI is InChI=1S/C22H24N4O4S/c1-3-21(27)23-13-6-14-26(2)31(29,30)18-11-9-17(10-12-18)24-22(28)20-15-16-7-4-5-8-19(16)25-20/h3-5,7-12,15,25H,1,6,13-14H2,2H3,(H,23,27)(H,24,28). The first-order valence-corrected chi connectivity index (χ1v) is 11.1. The molecule has 0 saturated carbocycles. The van der Waals surface area contributed by atoms with E-state index in [0.29, 0.717) is 24.3 Å². The van der Waals surface area contributed by atoms with Gasteiger partial charge in [-0.15, -0.1) is 0 Å². The van der Waals surface area contributed by atoms with Crippen LogP contribution in [0.3, 0.4) is 0 Å². The van der Waals surface area contributed by atoms with Gasteiger partial charge in [0.05, 0.1) is 4.90 Å². The van der Waals surface area contributed by atoms with Crippen LogP contribution in [0.2, 0.25) is 0 Å². The third kappa shape index (κ3) is 5.39. The number of carbonyl (C=O) groups is 2. The van der Waals surface area contributed by atoms with Crippen LogP contribution >= 0.6 is 0 Å². The van der Waals surface area contributed by atoms with Crippen molar-refractivity contribution in [2.24, 2.45) is 0 Å². The van der Waals surface area contributed by atoms with E-state index >= 15 is 0 Å². The predicted octanol–water partition coefficient (Wildman–Crippen LogP) is 2.73. The number of anilines is 1. The fraction of sp³-hybridized carbons (Fsp3) is 0.182. The maximum absolute atomic E-state index is 12.7. The van der Waals surface area contributed by atoms with E-state index < -0.39 is 10.0 Å². The zero-order valence-electron chi connectivity index (χ0n) is 17.1. The van der Waals surface area contributed by atoms with Crippen molar-refractivity contribution in [1.29, 1.82) is 0 Å². The van der Waals surface area contributed by atoms with Crippen LogP contribution in [0.1, 0.15) is 16.9 Å². The molecule has 3 N–H and O–H groups in total. The van der Waals surface area contributed by atoms with Gasteiger partial charge >= 0.3 is 0 Å². The summed E-state index contributed by atoms with van der Waals surface area (Å²) in [5.41, 5.74) is 1.76. The Morgan fingerprint density at radius 1 is 1.13 bits per heavy atom. The van der Waals surface area contributed by atoms with E-state index in [0.717, 1.165) is 10.9 Å². The van der Waals surface area contributed by atoms with E-state index in [2.05, 4.69) is 22.2 Å². The van der Waals surface area contributed by atoms with Gasteiger partial charge in [0.2, 0.25) is 15.9 Å². The number of nitrogens with zero attached hydrogens (tertiary/aromatic N) is 1. The van der Waals surface area contributed by atoms with Crippen molar-refractivity contribution in [1.82, 2.24) is 14.6 Å². The average Bonchev–Trinajstić information content (AvgIpc) is 3.21. The van der Waals surface area contributed by atoms with Gasteiger partial charge in [0.1, 0.15) is 5.69 Å². The molecule has 0 bridgehead atoms.